The summed E-state index contributed by atoms with van der Waals surface area (Å²) >= 11 is 0. The summed E-state index contributed by atoms with van der Waals surface area (Å²) in [6, 6.07) is 5.02. The van der Waals surface area contributed by atoms with Crippen LogP contribution in [0.1, 0.15) is 5.56 Å². The fourth-order valence-corrected chi connectivity index (χ4v) is 3.00. The number of hydrogen-bond acceptors (Lipinski definition) is 5. The molecule has 1 aliphatic heterocycles. The number of hydrogen-bond donors (Lipinski definition) is 1. The first kappa shape index (κ1) is 14.9. The van der Waals surface area contributed by atoms with E-state index in [2.05, 4.69) is 4.72 Å². The first-order chi connectivity index (χ1) is 9.54. The fourth-order valence-electron chi connectivity index (χ4n) is 1.77. The van der Waals surface area contributed by atoms with E-state index in [1.807, 2.05) is 0 Å². The summed E-state index contributed by atoms with van der Waals surface area (Å²) in [5.41, 5.74) is -0.499. The number of nitrogens with one attached hydrogen (secondary N) is 1. The lowest BCUT2D eigenvalue weighted by atomic mass is 10.2. The van der Waals surface area contributed by atoms with Gasteiger partial charge in [-0.3, -0.25) is 0 Å². The summed E-state index contributed by atoms with van der Waals surface area (Å²) in [5, 5.41) is 8.85. The Labute approximate surface area is 116 Å². The van der Waals surface area contributed by atoms with Crippen LogP contribution >= 0.6 is 0 Å². The number of benzene rings is 1. The molecule has 2 rings (SSSR count). The van der Waals surface area contributed by atoms with Crippen molar-refractivity contribution in [1.29, 1.82) is 5.26 Å². The van der Waals surface area contributed by atoms with Gasteiger partial charge in [-0.2, -0.15) is 5.26 Å². The molecule has 1 saturated heterocycles. The van der Waals surface area contributed by atoms with Crippen LogP contribution in [0.5, 0.6) is 0 Å². The third-order valence-electron chi connectivity index (χ3n) is 2.76. The predicted molar refractivity (Wildman–Crippen MR) is 66.9 cm³/mol. The van der Waals surface area contributed by atoms with Gasteiger partial charge in [-0.05, 0) is 12.1 Å². The van der Waals surface area contributed by atoms with E-state index in [0.29, 0.717) is 13.2 Å². The smallest absolute Gasteiger partial charge is 0.242 e. The van der Waals surface area contributed by atoms with Crippen molar-refractivity contribution in [1.82, 2.24) is 4.72 Å². The van der Waals surface area contributed by atoms with Gasteiger partial charge in [-0.1, -0.05) is 6.07 Å². The van der Waals surface area contributed by atoms with Gasteiger partial charge >= 0.3 is 0 Å². The lowest BCUT2D eigenvalue weighted by molar-refractivity contribution is -0.0846. The van der Waals surface area contributed by atoms with E-state index in [1.165, 1.54) is 12.1 Å². The molecule has 1 aliphatic rings. The van der Waals surface area contributed by atoms with Crippen LogP contribution in [0.15, 0.2) is 23.1 Å². The van der Waals surface area contributed by atoms with E-state index in [0.717, 1.165) is 6.07 Å². The molecule has 108 valence electrons. The molecule has 0 bridgehead atoms. The maximum atomic E-state index is 13.4. The predicted octanol–water partition coefficient (Wildman–Crippen LogP) is 0.391. The van der Waals surface area contributed by atoms with Gasteiger partial charge in [0, 0.05) is 6.54 Å². The quantitative estimate of drug-likeness (QED) is 0.869. The SMILES string of the molecule is N#Cc1c(F)cccc1S(=O)(=O)NCC1COCCO1. The molecule has 6 nitrogen and oxygen atoms in total. The van der Waals surface area contributed by atoms with Crippen molar-refractivity contribution in [3.05, 3.63) is 29.6 Å². The van der Waals surface area contributed by atoms with Gasteiger partial charge in [-0.15, -0.1) is 0 Å². The van der Waals surface area contributed by atoms with Crippen molar-refractivity contribution < 1.29 is 22.3 Å². The Morgan fingerprint density at radius 1 is 1.45 bits per heavy atom. The van der Waals surface area contributed by atoms with Gasteiger partial charge in [0.2, 0.25) is 10.0 Å². The molecule has 0 spiro atoms. The highest BCUT2D eigenvalue weighted by atomic mass is 32.2. The highest BCUT2D eigenvalue weighted by Crippen LogP contribution is 2.17. The molecular weight excluding hydrogens is 287 g/mol. The molecule has 0 aromatic heterocycles. The molecule has 8 heteroatoms. The Morgan fingerprint density at radius 2 is 2.25 bits per heavy atom. The van der Waals surface area contributed by atoms with Gasteiger partial charge < -0.3 is 9.47 Å². The van der Waals surface area contributed by atoms with Crippen LogP contribution in [0.3, 0.4) is 0 Å². The van der Waals surface area contributed by atoms with E-state index in [4.69, 9.17) is 14.7 Å². The second-order valence-corrected chi connectivity index (χ2v) is 5.88. The minimum Gasteiger partial charge on any atom is -0.376 e. The number of nitriles is 1. The maximum absolute atomic E-state index is 13.4. The largest absolute Gasteiger partial charge is 0.376 e. The average Bonchev–Trinajstić information content (AvgIpc) is 2.46. The molecule has 0 amide bonds. The first-order valence-corrected chi connectivity index (χ1v) is 7.40. The standard InChI is InChI=1S/C12H13FN2O4S/c13-11-2-1-3-12(10(11)6-14)20(16,17)15-7-9-8-18-4-5-19-9/h1-3,9,15H,4-5,7-8H2. The summed E-state index contributed by atoms with van der Waals surface area (Å²) in [6.45, 7) is 1.17. The maximum Gasteiger partial charge on any atom is 0.242 e. The molecule has 1 unspecified atom stereocenters. The third kappa shape index (κ3) is 3.32. The van der Waals surface area contributed by atoms with E-state index < -0.39 is 27.5 Å². The number of sulfonamides is 1. The van der Waals surface area contributed by atoms with Crippen LogP contribution in [0, 0.1) is 17.1 Å². The molecule has 1 fully saturated rings. The molecule has 0 aliphatic carbocycles. The lowest BCUT2D eigenvalue weighted by Crippen LogP contribution is -2.39. The third-order valence-corrected chi connectivity index (χ3v) is 4.23. The molecule has 1 atom stereocenters. The zero-order valence-corrected chi connectivity index (χ0v) is 11.3. The Kier molecular flexibility index (Phi) is 4.67. The Morgan fingerprint density at radius 3 is 2.90 bits per heavy atom. The molecular formula is C12H13FN2O4S. The summed E-state index contributed by atoms with van der Waals surface area (Å²) in [4.78, 5) is -0.378. The second kappa shape index (κ2) is 6.28. The number of nitrogens with zero attached hydrogens (tertiary/aromatic N) is 1. The van der Waals surface area contributed by atoms with E-state index in [1.54, 1.807) is 6.07 Å². The van der Waals surface area contributed by atoms with Crippen LogP contribution in [0.4, 0.5) is 4.39 Å². The molecule has 1 N–H and O–H groups in total. The first-order valence-electron chi connectivity index (χ1n) is 5.92. The van der Waals surface area contributed by atoms with Crippen molar-refractivity contribution >= 4 is 10.0 Å². The van der Waals surface area contributed by atoms with Crippen LogP contribution in [0.2, 0.25) is 0 Å². The molecule has 1 aromatic rings. The second-order valence-electron chi connectivity index (χ2n) is 4.14. The van der Waals surface area contributed by atoms with E-state index in [-0.39, 0.29) is 18.0 Å². The Bertz CT molecular complexity index is 621. The van der Waals surface area contributed by atoms with Crippen molar-refractivity contribution in [3.8, 4) is 6.07 Å². The molecule has 0 radical (unpaired) electrons. The monoisotopic (exact) mass is 300 g/mol. The van der Waals surface area contributed by atoms with Crippen molar-refractivity contribution in [2.24, 2.45) is 0 Å². The van der Waals surface area contributed by atoms with Gasteiger partial charge in [0.25, 0.3) is 0 Å². The number of ether oxygens (including phenoxy) is 2. The van der Waals surface area contributed by atoms with Crippen LogP contribution in [-0.2, 0) is 19.5 Å². The molecule has 1 aromatic carbocycles. The highest BCUT2D eigenvalue weighted by molar-refractivity contribution is 7.89. The van der Waals surface area contributed by atoms with E-state index >= 15 is 0 Å². The Hall–Kier alpha value is -1.53. The van der Waals surface area contributed by atoms with Gasteiger partial charge in [0.1, 0.15) is 22.3 Å². The zero-order valence-electron chi connectivity index (χ0n) is 10.5. The van der Waals surface area contributed by atoms with Crippen LogP contribution < -0.4 is 4.72 Å². The molecule has 1 heterocycles. The minimum absolute atomic E-state index is 0.00369. The summed E-state index contributed by atoms with van der Waals surface area (Å²) in [5.74, 6) is -0.868. The summed E-state index contributed by atoms with van der Waals surface area (Å²) < 4.78 is 50.3. The van der Waals surface area contributed by atoms with E-state index in [9.17, 15) is 12.8 Å². The van der Waals surface area contributed by atoms with Gasteiger partial charge in [-0.25, -0.2) is 17.5 Å². The van der Waals surface area contributed by atoms with Crippen LogP contribution in [-0.4, -0.2) is 40.9 Å². The zero-order chi connectivity index (χ0) is 14.6. The van der Waals surface area contributed by atoms with Crippen molar-refractivity contribution in [2.45, 2.75) is 11.0 Å². The average molecular weight is 300 g/mol. The van der Waals surface area contributed by atoms with Crippen molar-refractivity contribution in [2.75, 3.05) is 26.4 Å². The van der Waals surface area contributed by atoms with Crippen LogP contribution in [0.25, 0.3) is 0 Å². The fraction of sp³-hybridized carbons (Fsp3) is 0.417. The topological polar surface area (TPSA) is 88.4 Å². The summed E-state index contributed by atoms with van der Waals surface area (Å²) in [7, 11) is -3.97. The van der Waals surface area contributed by atoms with Crippen molar-refractivity contribution in [3.63, 3.8) is 0 Å². The molecule has 20 heavy (non-hydrogen) atoms. The Balaban J connectivity index is 2.14. The van der Waals surface area contributed by atoms with Gasteiger partial charge in [0.15, 0.2) is 0 Å². The molecule has 0 saturated carbocycles. The normalized spacial score (nSPS) is 19.5. The number of rotatable bonds is 4. The summed E-state index contributed by atoms with van der Waals surface area (Å²) in [6.07, 6.45) is -0.391. The van der Waals surface area contributed by atoms with Gasteiger partial charge in [0.05, 0.1) is 25.9 Å². The minimum atomic E-state index is -3.97. The number of halogens is 1. The lowest BCUT2D eigenvalue weighted by Gasteiger charge is -2.23. The highest BCUT2D eigenvalue weighted by Gasteiger charge is 2.23.